The third kappa shape index (κ3) is 7.54. The van der Waals surface area contributed by atoms with Crippen molar-refractivity contribution in [1.82, 2.24) is 5.32 Å². The summed E-state index contributed by atoms with van der Waals surface area (Å²) in [4.78, 5) is 10.4. The van der Waals surface area contributed by atoms with Crippen LogP contribution >= 0.6 is 0 Å². The molecule has 0 aromatic heterocycles. The van der Waals surface area contributed by atoms with E-state index in [0.717, 1.165) is 0 Å². The third-order valence-electron chi connectivity index (χ3n) is 1.01. The summed E-state index contributed by atoms with van der Waals surface area (Å²) >= 11 is 0. The summed E-state index contributed by atoms with van der Waals surface area (Å²) < 4.78 is 4.88. The zero-order chi connectivity index (χ0) is 9.98. The number of nitrogens with one attached hydrogen (secondary N) is 1. The Morgan fingerprint density at radius 3 is 2.08 bits per heavy atom. The number of amides is 1. The molecule has 0 aromatic rings. The second-order valence-electron chi connectivity index (χ2n) is 1.98. The van der Waals surface area contributed by atoms with Crippen LogP contribution < -0.4 is 5.32 Å². The number of hydrogen-bond donors (Lipinski definition) is 1. The molecule has 0 aromatic carbocycles. The van der Waals surface area contributed by atoms with Gasteiger partial charge < -0.3 is 10.1 Å². The first-order chi connectivity index (χ1) is 5.79. The molecule has 1 unspecified atom stereocenters. The summed E-state index contributed by atoms with van der Waals surface area (Å²) in [7, 11) is 0. The largest absolute Gasteiger partial charge is 0.370 e. The van der Waals surface area contributed by atoms with Crippen LogP contribution in [-0.2, 0) is 9.53 Å². The van der Waals surface area contributed by atoms with Crippen LogP contribution in [0.2, 0.25) is 0 Å². The van der Waals surface area contributed by atoms with Crippen molar-refractivity contribution in [1.29, 1.82) is 0 Å². The van der Waals surface area contributed by atoms with Crippen LogP contribution in [-0.4, -0.2) is 25.2 Å². The van der Waals surface area contributed by atoms with Gasteiger partial charge in [0.2, 0.25) is 5.91 Å². The summed E-state index contributed by atoms with van der Waals surface area (Å²) in [6, 6.07) is 0.191. The Kier molecular flexibility index (Phi) is 12.2. The average Bonchev–Trinajstić information content (AvgIpc) is 2.11. The van der Waals surface area contributed by atoms with Gasteiger partial charge in [0.05, 0.1) is 6.61 Å². The zero-order valence-electron chi connectivity index (χ0n) is 8.81. The molecule has 3 heteroatoms. The molecule has 0 saturated carbocycles. The fraction of sp³-hybridized carbons (Fsp3) is 0.889. The molecule has 0 bridgehead atoms. The van der Waals surface area contributed by atoms with E-state index >= 15 is 0 Å². The Bertz CT molecular complexity index is 105. The SMILES string of the molecule is CC.CC.CC1COCC(=O)N1. The second-order valence-corrected chi connectivity index (χ2v) is 1.98. The Balaban J connectivity index is 0. The van der Waals surface area contributed by atoms with Crippen LogP contribution in [0.3, 0.4) is 0 Å². The van der Waals surface area contributed by atoms with Gasteiger partial charge in [-0.2, -0.15) is 0 Å². The number of hydrogen-bond acceptors (Lipinski definition) is 2. The molecular formula is C9H21NO2. The van der Waals surface area contributed by atoms with Crippen molar-refractivity contribution >= 4 is 5.91 Å². The van der Waals surface area contributed by atoms with Crippen molar-refractivity contribution in [2.24, 2.45) is 0 Å². The van der Waals surface area contributed by atoms with Crippen LogP contribution in [0, 0.1) is 0 Å². The third-order valence-corrected chi connectivity index (χ3v) is 1.01. The second kappa shape index (κ2) is 10.4. The number of rotatable bonds is 0. The Morgan fingerprint density at radius 2 is 1.83 bits per heavy atom. The highest BCUT2D eigenvalue weighted by Gasteiger charge is 2.12. The molecule has 1 aliphatic heterocycles. The predicted molar refractivity (Wildman–Crippen MR) is 51.1 cm³/mol. The molecule has 1 saturated heterocycles. The van der Waals surface area contributed by atoms with Crippen molar-refractivity contribution in [2.45, 2.75) is 40.7 Å². The van der Waals surface area contributed by atoms with Gasteiger partial charge in [-0.1, -0.05) is 27.7 Å². The molecule has 1 fully saturated rings. The van der Waals surface area contributed by atoms with Gasteiger partial charge in [-0.25, -0.2) is 0 Å². The van der Waals surface area contributed by atoms with E-state index in [2.05, 4.69) is 5.32 Å². The van der Waals surface area contributed by atoms with Crippen LogP contribution in [0.1, 0.15) is 34.6 Å². The van der Waals surface area contributed by atoms with Gasteiger partial charge in [-0.05, 0) is 6.92 Å². The quantitative estimate of drug-likeness (QED) is 0.607. The van der Waals surface area contributed by atoms with Crippen LogP contribution in [0.4, 0.5) is 0 Å². The molecule has 1 amide bonds. The van der Waals surface area contributed by atoms with Gasteiger partial charge in [0.15, 0.2) is 0 Å². The van der Waals surface area contributed by atoms with Crippen LogP contribution in [0.25, 0.3) is 0 Å². The molecule has 1 rings (SSSR count). The molecule has 0 spiro atoms. The Labute approximate surface area is 75.5 Å². The topological polar surface area (TPSA) is 38.3 Å². The molecule has 1 atom stereocenters. The van der Waals surface area contributed by atoms with E-state index in [1.807, 2.05) is 34.6 Å². The molecule has 74 valence electrons. The van der Waals surface area contributed by atoms with E-state index in [0.29, 0.717) is 6.61 Å². The molecule has 0 radical (unpaired) electrons. The van der Waals surface area contributed by atoms with Gasteiger partial charge >= 0.3 is 0 Å². The monoisotopic (exact) mass is 175 g/mol. The van der Waals surface area contributed by atoms with Crippen molar-refractivity contribution in [3.8, 4) is 0 Å². The highest BCUT2D eigenvalue weighted by atomic mass is 16.5. The van der Waals surface area contributed by atoms with Crippen LogP contribution in [0.15, 0.2) is 0 Å². The fourth-order valence-electron chi connectivity index (χ4n) is 0.687. The maximum atomic E-state index is 10.4. The van der Waals surface area contributed by atoms with Crippen molar-refractivity contribution in [2.75, 3.05) is 13.2 Å². The standard InChI is InChI=1S/C5H9NO2.2C2H6/c1-4-2-8-3-5(7)6-4;2*1-2/h4H,2-3H2,1H3,(H,6,7);2*1-2H3. The minimum Gasteiger partial charge on any atom is -0.370 e. The molecule has 1 aliphatic rings. The van der Waals surface area contributed by atoms with E-state index < -0.39 is 0 Å². The minimum absolute atomic E-state index is 0.0104. The molecule has 3 nitrogen and oxygen atoms in total. The van der Waals surface area contributed by atoms with Crippen LogP contribution in [0.5, 0.6) is 0 Å². The number of carbonyl (C=O) groups is 1. The lowest BCUT2D eigenvalue weighted by Gasteiger charge is -2.18. The maximum absolute atomic E-state index is 10.4. The van der Waals surface area contributed by atoms with Gasteiger partial charge in [0, 0.05) is 6.04 Å². The lowest BCUT2D eigenvalue weighted by molar-refractivity contribution is -0.130. The van der Waals surface area contributed by atoms with Crippen molar-refractivity contribution < 1.29 is 9.53 Å². The van der Waals surface area contributed by atoms with E-state index in [1.165, 1.54) is 0 Å². The van der Waals surface area contributed by atoms with E-state index in [1.54, 1.807) is 0 Å². The minimum atomic E-state index is -0.0104. The lowest BCUT2D eigenvalue weighted by atomic mass is 10.3. The van der Waals surface area contributed by atoms with Crippen molar-refractivity contribution in [3.63, 3.8) is 0 Å². The highest BCUT2D eigenvalue weighted by Crippen LogP contribution is 1.90. The summed E-state index contributed by atoms with van der Waals surface area (Å²) in [6.45, 7) is 10.8. The first kappa shape index (κ1) is 14.0. The highest BCUT2D eigenvalue weighted by molar-refractivity contribution is 5.78. The summed E-state index contributed by atoms with van der Waals surface area (Å²) in [5.41, 5.74) is 0. The lowest BCUT2D eigenvalue weighted by Crippen LogP contribution is -2.43. The first-order valence-electron chi connectivity index (χ1n) is 4.66. The number of carbonyl (C=O) groups excluding carboxylic acids is 1. The zero-order valence-corrected chi connectivity index (χ0v) is 8.81. The van der Waals surface area contributed by atoms with Gasteiger partial charge in [0.25, 0.3) is 0 Å². The molecule has 0 aliphatic carbocycles. The molecular weight excluding hydrogens is 154 g/mol. The first-order valence-corrected chi connectivity index (χ1v) is 4.66. The Hall–Kier alpha value is -0.570. The molecule has 12 heavy (non-hydrogen) atoms. The normalized spacial score (nSPS) is 20.8. The predicted octanol–water partition coefficient (Wildman–Crippen LogP) is 1.57. The van der Waals surface area contributed by atoms with Gasteiger partial charge in [0.1, 0.15) is 6.61 Å². The molecule has 1 N–H and O–H groups in total. The van der Waals surface area contributed by atoms with Gasteiger partial charge in [-0.3, -0.25) is 4.79 Å². The van der Waals surface area contributed by atoms with E-state index in [9.17, 15) is 4.79 Å². The van der Waals surface area contributed by atoms with E-state index in [4.69, 9.17) is 4.74 Å². The number of ether oxygens (including phenoxy) is 1. The smallest absolute Gasteiger partial charge is 0.246 e. The fourth-order valence-corrected chi connectivity index (χ4v) is 0.687. The molecule has 1 heterocycles. The number of morpholine rings is 1. The summed E-state index contributed by atoms with van der Waals surface area (Å²) in [5, 5.41) is 2.72. The maximum Gasteiger partial charge on any atom is 0.246 e. The Morgan fingerprint density at radius 1 is 1.33 bits per heavy atom. The van der Waals surface area contributed by atoms with Crippen molar-refractivity contribution in [3.05, 3.63) is 0 Å². The van der Waals surface area contributed by atoms with E-state index in [-0.39, 0.29) is 18.6 Å². The summed E-state index contributed by atoms with van der Waals surface area (Å²) in [5.74, 6) is -0.0104. The van der Waals surface area contributed by atoms with Gasteiger partial charge in [-0.15, -0.1) is 0 Å². The average molecular weight is 175 g/mol. The summed E-state index contributed by atoms with van der Waals surface area (Å²) in [6.07, 6.45) is 0.